The number of ether oxygens (including phenoxy) is 1. The van der Waals surface area contributed by atoms with Crippen LogP contribution in [-0.2, 0) is 32.1 Å². The van der Waals surface area contributed by atoms with E-state index in [2.05, 4.69) is 8.75 Å². The summed E-state index contributed by atoms with van der Waals surface area (Å²) in [5.74, 6) is -2.03. The Kier molecular flexibility index (Phi) is 8.40. The summed E-state index contributed by atoms with van der Waals surface area (Å²) in [7, 11) is -5.83. The van der Waals surface area contributed by atoms with Crippen molar-refractivity contribution in [1.82, 2.24) is 4.39 Å². The van der Waals surface area contributed by atoms with Gasteiger partial charge in [-0.3, -0.25) is 9.59 Å². The second-order valence-corrected chi connectivity index (χ2v) is 17.1. The maximum Gasteiger partial charge on any atom is 0.416 e. The molecule has 0 aliphatic rings. The molecule has 6 nitrogen and oxygen atoms in total. The van der Waals surface area contributed by atoms with E-state index in [1.807, 2.05) is 33.9 Å². The lowest BCUT2D eigenvalue weighted by Gasteiger charge is -2.37. The molecule has 192 valence electrons. The van der Waals surface area contributed by atoms with Gasteiger partial charge in [-0.1, -0.05) is 52.1 Å². The Morgan fingerprint density at radius 2 is 1.66 bits per heavy atom. The number of amides is 1. The van der Waals surface area contributed by atoms with E-state index in [4.69, 9.17) is 4.74 Å². The van der Waals surface area contributed by atoms with Gasteiger partial charge in [0.15, 0.2) is 0 Å². The molecule has 0 bridgehead atoms. The van der Waals surface area contributed by atoms with Crippen LogP contribution in [0.3, 0.4) is 0 Å². The van der Waals surface area contributed by atoms with Crippen molar-refractivity contribution in [3.63, 3.8) is 0 Å². The Hall–Kier alpha value is -2.50. The molecule has 0 aromatic heterocycles. The number of nitrogens with one attached hydrogen (secondary N) is 1. The standard InChI is InChI=1S/C24H31F3N2O4SSi/c1-16-13-18(24(25,26)27)14-21(33-17(2)30)20(16)15-22(31)28-34(32,19-11-9-8-10-12-19)29-35(6,7)23(3,4)5/h8-14H,15H2,1-7H3,(H,28,29,31,32). The van der Waals surface area contributed by atoms with Gasteiger partial charge in [0, 0.05) is 12.5 Å². The summed E-state index contributed by atoms with van der Waals surface area (Å²) >= 11 is 0. The van der Waals surface area contributed by atoms with Crippen molar-refractivity contribution in [3.8, 4) is 5.75 Å². The molecule has 1 amide bonds. The molecule has 1 atom stereocenters. The Morgan fingerprint density at radius 1 is 1.09 bits per heavy atom. The highest BCUT2D eigenvalue weighted by Crippen LogP contribution is 2.37. The minimum absolute atomic E-state index is 0.0732. The van der Waals surface area contributed by atoms with E-state index >= 15 is 0 Å². The molecule has 0 saturated carbocycles. The Balaban J connectivity index is 2.60. The maximum absolute atomic E-state index is 14.1. The normalized spacial score (nSPS) is 14.2. The zero-order valence-corrected chi connectivity index (χ0v) is 22.7. The molecule has 2 rings (SSSR count). The van der Waals surface area contributed by atoms with Gasteiger partial charge in [0.2, 0.25) is 0 Å². The predicted molar refractivity (Wildman–Crippen MR) is 132 cm³/mol. The highest BCUT2D eigenvalue weighted by molar-refractivity contribution is 7.93. The number of hydrogen-bond donors (Lipinski definition) is 1. The van der Waals surface area contributed by atoms with E-state index in [0.29, 0.717) is 11.0 Å². The number of carbonyl (C=O) groups is 2. The lowest BCUT2D eigenvalue weighted by atomic mass is 10.0. The molecule has 2 aromatic carbocycles. The zero-order valence-electron chi connectivity index (χ0n) is 20.9. The number of alkyl halides is 3. The average molecular weight is 529 g/mol. The number of hydrogen-bond acceptors (Lipinski definition) is 4. The smallest absolute Gasteiger partial charge is 0.416 e. The maximum atomic E-state index is 14.1. The van der Waals surface area contributed by atoms with E-state index in [1.54, 1.807) is 30.3 Å². The number of benzene rings is 2. The first-order valence-corrected chi connectivity index (χ1v) is 15.4. The van der Waals surface area contributed by atoms with Gasteiger partial charge in [0.1, 0.15) is 23.9 Å². The minimum atomic E-state index is -4.67. The van der Waals surface area contributed by atoms with Crippen LogP contribution in [0.15, 0.2) is 51.7 Å². The van der Waals surface area contributed by atoms with Crippen LogP contribution < -0.4 is 9.12 Å². The van der Waals surface area contributed by atoms with Crippen LogP contribution in [0.1, 0.15) is 44.4 Å². The Labute approximate surface area is 205 Å². The molecular weight excluding hydrogens is 497 g/mol. The molecule has 0 fully saturated rings. The zero-order chi connectivity index (χ0) is 26.8. The fourth-order valence-corrected chi connectivity index (χ4v) is 8.61. The number of carbonyl (C=O) groups excluding carboxylic acids is 2. The fraction of sp³-hybridized carbons (Fsp3) is 0.417. The summed E-state index contributed by atoms with van der Waals surface area (Å²) in [5, 5.41) is -0.227. The molecule has 0 heterocycles. The quantitative estimate of drug-likeness (QED) is 0.281. The summed E-state index contributed by atoms with van der Waals surface area (Å²) in [6.07, 6.45) is -5.16. The third-order valence-corrected chi connectivity index (χ3v) is 14.2. The molecule has 0 spiro atoms. The van der Waals surface area contributed by atoms with Crippen LogP contribution in [0.4, 0.5) is 13.2 Å². The van der Waals surface area contributed by atoms with Crippen LogP contribution in [0, 0.1) is 6.92 Å². The lowest BCUT2D eigenvalue weighted by molar-refractivity contribution is -0.138. The van der Waals surface area contributed by atoms with Crippen LogP contribution >= 0.6 is 0 Å². The van der Waals surface area contributed by atoms with E-state index in [-0.39, 0.29) is 21.9 Å². The van der Waals surface area contributed by atoms with Crippen molar-refractivity contribution in [2.24, 2.45) is 4.36 Å². The third kappa shape index (κ3) is 7.25. The SMILES string of the molecule is CC(=O)Oc1cc(C(F)(F)F)cc(C)c1CC(=O)N=S(=O)(N[Si](C)(C)C(C)(C)C)c1ccccc1. The number of rotatable bonds is 6. The van der Waals surface area contributed by atoms with Crippen molar-refractivity contribution in [1.29, 1.82) is 0 Å². The van der Waals surface area contributed by atoms with Gasteiger partial charge < -0.3 is 4.74 Å². The average Bonchev–Trinajstić information content (AvgIpc) is 2.68. The molecule has 1 unspecified atom stereocenters. The first-order valence-electron chi connectivity index (χ1n) is 10.9. The minimum Gasteiger partial charge on any atom is -0.426 e. The van der Waals surface area contributed by atoms with Gasteiger partial charge in [0.25, 0.3) is 5.91 Å². The van der Waals surface area contributed by atoms with Gasteiger partial charge >= 0.3 is 12.1 Å². The molecule has 11 heteroatoms. The van der Waals surface area contributed by atoms with Crippen LogP contribution in [-0.4, -0.2) is 24.3 Å². The number of aryl methyl sites for hydroxylation is 1. The third-order valence-electron chi connectivity index (χ3n) is 5.90. The monoisotopic (exact) mass is 528 g/mol. The summed E-state index contributed by atoms with van der Waals surface area (Å²) in [6, 6.07) is 9.87. The molecule has 35 heavy (non-hydrogen) atoms. The van der Waals surface area contributed by atoms with E-state index < -0.39 is 48.2 Å². The summed E-state index contributed by atoms with van der Waals surface area (Å²) in [4.78, 5) is 24.9. The first-order chi connectivity index (χ1) is 15.9. The number of halogens is 3. The van der Waals surface area contributed by atoms with Crippen molar-refractivity contribution in [2.45, 2.75) is 70.2 Å². The van der Waals surface area contributed by atoms with Gasteiger partial charge in [0.05, 0.1) is 16.9 Å². The molecule has 1 N–H and O–H groups in total. The highest BCUT2D eigenvalue weighted by Gasteiger charge is 2.39. The fourth-order valence-electron chi connectivity index (χ4n) is 2.99. The molecule has 0 aliphatic heterocycles. The molecule has 0 saturated heterocycles. The largest absolute Gasteiger partial charge is 0.426 e. The predicted octanol–water partition coefficient (Wildman–Crippen LogP) is 6.05. The molecule has 0 aliphatic carbocycles. The van der Waals surface area contributed by atoms with E-state index in [9.17, 15) is 27.0 Å². The van der Waals surface area contributed by atoms with Crippen molar-refractivity contribution < 1.29 is 31.7 Å². The van der Waals surface area contributed by atoms with Gasteiger partial charge in [-0.15, -0.1) is 4.36 Å². The number of esters is 1. The van der Waals surface area contributed by atoms with E-state index in [1.165, 1.54) is 6.92 Å². The summed E-state index contributed by atoms with van der Waals surface area (Å²) in [5.41, 5.74) is -0.834. The second-order valence-electron chi connectivity index (χ2n) is 9.84. The van der Waals surface area contributed by atoms with Crippen LogP contribution in [0.25, 0.3) is 0 Å². The second kappa shape index (κ2) is 10.2. The summed E-state index contributed by atoms with van der Waals surface area (Å²) < 4.78 is 66.1. The van der Waals surface area contributed by atoms with Crippen molar-refractivity contribution >= 4 is 30.0 Å². The lowest BCUT2D eigenvalue weighted by Crippen LogP contribution is -2.54. The molecular formula is C24H31F3N2O4SSi. The summed E-state index contributed by atoms with van der Waals surface area (Å²) in [6.45, 7) is 12.4. The van der Waals surface area contributed by atoms with Gasteiger partial charge in [-0.2, -0.15) is 13.2 Å². The van der Waals surface area contributed by atoms with Crippen molar-refractivity contribution in [2.75, 3.05) is 0 Å². The number of nitrogens with zero attached hydrogens (tertiary/aromatic N) is 1. The van der Waals surface area contributed by atoms with Crippen LogP contribution in [0.2, 0.25) is 18.1 Å². The Morgan fingerprint density at radius 3 is 2.14 bits per heavy atom. The molecule has 0 radical (unpaired) electrons. The van der Waals surface area contributed by atoms with Gasteiger partial charge in [-0.25, -0.2) is 8.60 Å². The van der Waals surface area contributed by atoms with Crippen molar-refractivity contribution in [3.05, 3.63) is 59.2 Å². The Bertz CT molecular complexity index is 1230. The first kappa shape index (κ1) is 28.7. The van der Waals surface area contributed by atoms with Crippen LogP contribution in [0.5, 0.6) is 5.75 Å². The van der Waals surface area contributed by atoms with E-state index in [0.717, 1.165) is 13.0 Å². The molecule has 2 aromatic rings. The van der Waals surface area contributed by atoms with Gasteiger partial charge in [-0.05, 0) is 41.8 Å². The topological polar surface area (TPSA) is 84.8 Å². The highest BCUT2D eigenvalue weighted by atomic mass is 32.2.